The molecule has 1 aromatic carbocycles. The van der Waals surface area contributed by atoms with E-state index in [0.717, 1.165) is 24.3 Å². The highest BCUT2D eigenvalue weighted by molar-refractivity contribution is 6.04. The van der Waals surface area contributed by atoms with Gasteiger partial charge in [-0.3, -0.25) is 14.8 Å². The van der Waals surface area contributed by atoms with Gasteiger partial charge in [0.15, 0.2) is 0 Å². The first-order valence-corrected chi connectivity index (χ1v) is 8.14. The third-order valence-corrected chi connectivity index (χ3v) is 3.97. The van der Waals surface area contributed by atoms with Crippen LogP contribution in [0.15, 0.2) is 73.3 Å². The molecule has 126 valence electrons. The zero-order valence-corrected chi connectivity index (χ0v) is 14.1. The number of amides is 1. The number of aromatic nitrogens is 2. The monoisotopic (exact) mass is 332 g/mol. The van der Waals surface area contributed by atoms with Crippen LogP contribution in [0.1, 0.15) is 15.9 Å². The molecule has 0 saturated heterocycles. The predicted octanol–water partition coefficient (Wildman–Crippen LogP) is 3.41. The first-order chi connectivity index (χ1) is 12.2. The van der Waals surface area contributed by atoms with Crippen molar-refractivity contribution in [3.63, 3.8) is 0 Å². The topological polar surface area (TPSA) is 58.1 Å². The van der Waals surface area contributed by atoms with Crippen LogP contribution in [0, 0.1) is 0 Å². The molecule has 3 rings (SSSR count). The molecule has 3 aromatic rings. The van der Waals surface area contributed by atoms with Gasteiger partial charge in [-0.15, -0.1) is 0 Å². The Balaban J connectivity index is 1.57. The van der Waals surface area contributed by atoms with E-state index < -0.39 is 0 Å². The molecule has 5 nitrogen and oxygen atoms in total. The number of rotatable bonds is 6. The number of benzene rings is 1. The largest absolute Gasteiger partial charge is 0.374 e. The molecule has 1 N–H and O–H groups in total. The van der Waals surface area contributed by atoms with Gasteiger partial charge in [0, 0.05) is 49.8 Å². The van der Waals surface area contributed by atoms with Crippen LogP contribution in [-0.4, -0.2) is 29.5 Å². The van der Waals surface area contributed by atoms with Crippen LogP contribution in [0.4, 0.5) is 11.4 Å². The van der Waals surface area contributed by atoms with Crippen LogP contribution < -0.4 is 10.2 Å². The number of hydrogen-bond acceptors (Lipinski definition) is 4. The summed E-state index contributed by atoms with van der Waals surface area (Å²) in [6, 6.07) is 15.4. The summed E-state index contributed by atoms with van der Waals surface area (Å²) in [6.07, 6.45) is 7.78. The Morgan fingerprint density at radius 3 is 2.44 bits per heavy atom. The Morgan fingerprint density at radius 2 is 1.76 bits per heavy atom. The quantitative estimate of drug-likeness (QED) is 0.751. The Labute approximate surface area is 147 Å². The lowest BCUT2D eigenvalue weighted by atomic mass is 10.2. The Kier molecular flexibility index (Phi) is 5.36. The molecule has 5 heteroatoms. The van der Waals surface area contributed by atoms with Gasteiger partial charge in [-0.1, -0.05) is 0 Å². The van der Waals surface area contributed by atoms with E-state index in [1.807, 2.05) is 48.8 Å². The number of hydrogen-bond donors (Lipinski definition) is 1. The summed E-state index contributed by atoms with van der Waals surface area (Å²) in [4.78, 5) is 22.3. The molecule has 0 bridgehead atoms. The van der Waals surface area contributed by atoms with E-state index in [4.69, 9.17) is 0 Å². The van der Waals surface area contributed by atoms with Gasteiger partial charge in [0.1, 0.15) is 0 Å². The number of pyridine rings is 2. The van der Waals surface area contributed by atoms with Crippen molar-refractivity contribution in [1.29, 1.82) is 0 Å². The second-order valence-corrected chi connectivity index (χ2v) is 5.77. The Hall–Kier alpha value is -3.21. The van der Waals surface area contributed by atoms with Gasteiger partial charge in [-0.05, 0) is 60.5 Å². The molecule has 0 radical (unpaired) electrons. The average molecular weight is 332 g/mol. The van der Waals surface area contributed by atoms with Crippen LogP contribution in [0.25, 0.3) is 0 Å². The van der Waals surface area contributed by atoms with Crippen LogP contribution in [0.2, 0.25) is 0 Å². The maximum absolute atomic E-state index is 12.1. The fraction of sp³-hybridized carbons (Fsp3) is 0.150. The van der Waals surface area contributed by atoms with Gasteiger partial charge in [0.25, 0.3) is 5.91 Å². The van der Waals surface area contributed by atoms with Crippen molar-refractivity contribution in [3.05, 3.63) is 84.4 Å². The van der Waals surface area contributed by atoms with Gasteiger partial charge in [-0.25, -0.2) is 0 Å². The zero-order valence-electron chi connectivity index (χ0n) is 14.1. The van der Waals surface area contributed by atoms with Crippen LogP contribution >= 0.6 is 0 Å². The van der Waals surface area contributed by atoms with Crippen LogP contribution in [0.3, 0.4) is 0 Å². The van der Waals surface area contributed by atoms with Gasteiger partial charge >= 0.3 is 0 Å². The average Bonchev–Trinajstić information content (AvgIpc) is 2.68. The number of nitrogens with one attached hydrogen (secondary N) is 1. The van der Waals surface area contributed by atoms with Crippen molar-refractivity contribution >= 4 is 17.3 Å². The summed E-state index contributed by atoms with van der Waals surface area (Å²) in [5.41, 5.74) is 3.68. The highest BCUT2D eigenvalue weighted by Gasteiger charge is 2.06. The van der Waals surface area contributed by atoms with Crippen molar-refractivity contribution in [2.24, 2.45) is 0 Å². The molecule has 0 spiro atoms. The maximum atomic E-state index is 12.1. The van der Waals surface area contributed by atoms with Crippen molar-refractivity contribution < 1.29 is 4.79 Å². The van der Waals surface area contributed by atoms with Gasteiger partial charge < -0.3 is 10.2 Å². The second kappa shape index (κ2) is 8.06. The molecule has 25 heavy (non-hydrogen) atoms. The standard InChI is InChI=1S/C20H20N4O/c1-24(14-10-16-8-12-21-13-9-16)19-6-4-18(5-7-19)23-20(25)17-3-2-11-22-15-17/h2-9,11-13,15H,10,14H2,1H3,(H,23,25). The SMILES string of the molecule is CN(CCc1ccncc1)c1ccc(NC(=O)c2cccnc2)cc1. The number of likely N-dealkylation sites (N-methyl/N-ethyl adjacent to an activating group) is 1. The zero-order chi connectivity index (χ0) is 17.5. The van der Waals surface area contributed by atoms with Crippen molar-refractivity contribution in [2.45, 2.75) is 6.42 Å². The highest BCUT2D eigenvalue weighted by Crippen LogP contribution is 2.18. The minimum Gasteiger partial charge on any atom is -0.374 e. The fourth-order valence-electron chi connectivity index (χ4n) is 2.47. The van der Waals surface area contributed by atoms with E-state index in [9.17, 15) is 4.79 Å². The minimum absolute atomic E-state index is 0.160. The second-order valence-electron chi connectivity index (χ2n) is 5.77. The molecular formula is C20H20N4O. The van der Waals surface area contributed by atoms with E-state index in [1.54, 1.807) is 24.5 Å². The molecule has 0 aliphatic carbocycles. The fourth-order valence-corrected chi connectivity index (χ4v) is 2.47. The highest BCUT2D eigenvalue weighted by atomic mass is 16.1. The molecule has 0 saturated carbocycles. The predicted molar refractivity (Wildman–Crippen MR) is 99.8 cm³/mol. The van der Waals surface area contributed by atoms with Gasteiger partial charge in [-0.2, -0.15) is 0 Å². The molecular weight excluding hydrogens is 312 g/mol. The summed E-state index contributed by atoms with van der Waals surface area (Å²) in [5.74, 6) is -0.160. The van der Waals surface area contributed by atoms with Crippen LogP contribution in [0.5, 0.6) is 0 Å². The molecule has 0 unspecified atom stereocenters. The summed E-state index contributed by atoms with van der Waals surface area (Å²) < 4.78 is 0. The minimum atomic E-state index is -0.160. The molecule has 0 aliphatic rings. The Bertz CT molecular complexity index is 804. The van der Waals surface area contributed by atoms with E-state index in [1.165, 1.54) is 5.56 Å². The molecule has 0 atom stereocenters. The number of anilines is 2. The summed E-state index contributed by atoms with van der Waals surface area (Å²) in [6.45, 7) is 0.908. The maximum Gasteiger partial charge on any atom is 0.257 e. The smallest absolute Gasteiger partial charge is 0.257 e. The molecule has 2 aromatic heterocycles. The summed E-state index contributed by atoms with van der Waals surface area (Å²) in [5, 5.41) is 2.88. The molecule has 1 amide bonds. The lowest BCUT2D eigenvalue weighted by Gasteiger charge is -2.19. The summed E-state index contributed by atoms with van der Waals surface area (Å²) >= 11 is 0. The third kappa shape index (κ3) is 4.64. The number of nitrogens with zero attached hydrogens (tertiary/aromatic N) is 3. The normalized spacial score (nSPS) is 10.3. The third-order valence-electron chi connectivity index (χ3n) is 3.97. The first-order valence-electron chi connectivity index (χ1n) is 8.14. The van der Waals surface area contributed by atoms with E-state index >= 15 is 0 Å². The van der Waals surface area contributed by atoms with E-state index in [2.05, 4.69) is 27.2 Å². The van der Waals surface area contributed by atoms with Crippen molar-refractivity contribution in [1.82, 2.24) is 9.97 Å². The molecule has 0 aliphatic heterocycles. The number of carbonyl (C=O) groups excluding carboxylic acids is 1. The van der Waals surface area contributed by atoms with Gasteiger partial charge in [0.2, 0.25) is 0 Å². The van der Waals surface area contributed by atoms with Crippen LogP contribution in [-0.2, 0) is 6.42 Å². The Morgan fingerprint density at radius 1 is 1.00 bits per heavy atom. The molecule has 2 heterocycles. The lowest BCUT2D eigenvalue weighted by Crippen LogP contribution is -2.20. The van der Waals surface area contributed by atoms with Crippen molar-refractivity contribution in [3.8, 4) is 0 Å². The van der Waals surface area contributed by atoms with Gasteiger partial charge in [0.05, 0.1) is 5.56 Å². The first kappa shape index (κ1) is 16.6. The molecule has 0 fully saturated rings. The van der Waals surface area contributed by atoms with E-state index in [-0.39, 0.29) is 5.91 Å². The van der Waals surface area contributed by atoms with Crippen molar-refractivity contribution in [2.75, 3.05) is 23.8 Å². The number of carbonyl (C=O) groups is 1. The van der Waals surface area contributed by atoms with E-state index in [0.29, 0.717) is 5.56 Å². The lowest BCUT2D eigenvalue weighted by molar-refractivity contribution is 0.102. The summed E-state index contributed by atoms with van der Waals surface area (Å²) in [7, 11) is 2.06.